The molecule has 0 aliphatic heterocycles. The number of para-hydroxylation sites is 1. The van der Waals surface area contributed by atoms with Crippen molar-refractivity contribution >= 4 is 16.9 Å². The lowest BCUT2D eigenvalue weighted by molar-refractivity contribution is -0.142. The lowest BCUT2D eigenvalue weighted by Gasteiger charge is -2.13. The number of nitrogens with two attached hydrogens (primary N) is 1. The van der Waals surface area contributed by atoms with E-state index in [-0.39, 0.29) is 12.5 Å². The van der Waals surface area contributed by atoms with Crippen molar-refractivity contribution in [3.63, 3.8) is 0 Å². The zero-order valence-electron chi connectivity index (χ0n) is 10.0. The van der Waals surface area contributed by atoms with Gasteiger partial charge in [-0.3, -0.25) is 4.79 Å². The number of aromatic nitrogens is 1. The fourth-order valence-corrected chi connectivity index (χ4v) is 2.12. The molecule has 1 aromatic heterocycles. The third kappa shape index (κ3) is 1.91. The molecule has 1 heterocycles. The number of esters is 1. The van der Waals surface area contributed by atoms with Gasteiger partial charge < -0.3 is 15.0 Å². The van der Waals surface area contributed by atoms with Crippen molar-refractivity contribution in [3.8, 4) is 0 Å². The average Bonchev–Trinajstić information content (AvgIpc) is 2.68. The van der Waals surface area contributed by atoms with Gasteiger partial charge in [-0.05, 0) is 17.5 Å². The summed E-state index contributed by atoms with van der Waals surface area (Å²) in [4.78, 5) is 11.7. The standard InChI is InChI=1S/C13H16N2O2/c1-15-11-6-4-3-5-9(11)7-12(15)10(8-14)13(16)17-2/h3-7,10H,8,14H2,1-2H3. The molecule has 0 amide bonds. The minimum absolute atomic E-state index is 0.247. The Hall–Kier alpha value is -1.81. The molecule has 90 valence electrons. The smallest absolute Gasteiger partial charge is 0.315 e. The number of fused-ring (bicyclic) bond motifs is 1. The molecule has 0 fully saturated rings. The Bertz CT molecular complexity index is 545. The van der Waals surface area contributed by atoms with E-state index >= 15 is 0 Å². The Morgan fingerprint density at radius 3 is 2.76 bits per heavy atom. The Morgan fingerprint density at radius 1 is 1.47 bits per heavy atom. The Kier molecular flexibility index (Phi) is 3.15. The van der Waals surface area contributed by atoms with Crippen LogP contribution in [0, 0.1) is 0 Å². The van der Waals surface area contributed by atoms with Crippen molar-refractivity contribution in [2.75, 3.05) is 13.7 Å². The van der Waals surface area contributed by atoms with Gasteiger partial charge in [0.2, 0.25) is 0 Å². The molecule has 2 N–H and O–H groups in total. The number of benzene rings is 1. The van der Waals surface area contributed by atoms with Crippen LogP contribution >= 0.6 is 0 Å². The lowest BCUT2D eigenvalue weighted by Crippen LogP contribution is -2.24. The van der Waals surface area contributed by atoms with E-state index in [0.717, 1.165) is 16.6 Å². The number of hydrogen-bond donors (Lipinski definition) is 1. The first-order valence-electron chi connectivity index (χ1n) is 5.51. The molecular formula is C13H16N2O2. The fraction of sp³-hybridized carbons (Fsp3) is 0.308. The molecule has 1 unspecified atom stereocenters. The number of methoxy groups -OCH3 is 1. The maximum Gasteiger partial charge on any atom is 0.315 e. The second-order valence-corrected chi connectivity index (χ2v) is 4.00. The molecule has 0 saturated heterocycles. The molecule has 4 nitrogen and oxygen atoms in total. The maximum atomic E-state index is 11.7. The molecule has 17 heavy (non-hydrogen) atoms. The largest absolute Gasteiger partial charge is 0.468 e. The highest BCUT2D eigenvalue weighted by Gasteiger charge is 2.23. The van der Waals surface area contributed by atoms with E-state index in [2.05, 4.69) is 0 Å². The molecule has 0 aliphatic carbocycles. The molecule has 2 rings (SSSR count). The van der Waals surface area contributed by atoms with Crippen LogP contribution in [0.25, 0.3) is 10.9 Å². The van der Waals surface area contributed by atoms with E-state index in [1.165, 1.54) is 7.11 Å². The van der Waals surface area contributed by atoms with E-state index < -0.39 is 5.92 Å². The monoisotopic (exact) mass is 232 g/mol. The van der Waals surface area contributed by atoms with E-state index in [1.54, 1.807) is 0 Å². The van der Waals surface area contributed by atoms with Crippen molar-refractivity contribution < 1.29 is 9.53 Å². The number of hydrogen-bond acceptors (Lipinski definition) is 3. The van der Waals surface area contributed by atoms with Crippen LogP contribution in [0.5, 0.6) is 0 Å². The minimum Gasteiger partial charge on any atom is -0.468 e. The summed E-state index contributed by atoms with van der Waals surface area (Å²) in [5, 5.41) is 1.10. The topological polar surface area (TPSA) is 57.2 Å². The van der Waals surface area contributed by atoms with Crippen molar-refractivity contribution in [2.24, 2.45) is 12.8 Å². The molecule has 0 spiro atoms. The summed E-state index contributed by atoms with van der Waals surface area (Å²) in [6.45, 7) is 0.247. The molecule has 2 aromatic rings. The van der Waals surface area contributed by atoms with E-state index in [4.69, 9.17) is 10.5 Å². The predicted octanol–water partition coefficient (Wildman–Crippen LogP) is 1.39. The summed E-state index contributed by atoms with van der Waals surface area (Å²) >= 11 is 0. The number of aryl methyl sites for hydroxylation is 1. The van der Waals surface area contributed by atoms with Gasteiger partial charge in [0.25, 0.3) is 0 Å². The molecule has 0 bridgehead atoms. The molecule has 0 saturated carbocycles. The van der Waals surface area contributed by atoms with Crippen molar-refractivity contribution in [2.45, 2.75) is 5.92 Å². The number of rotatable bonds is 3. The van der Waals surface area contributed by atoms with E-state index in [1.807, 2.05) is 41.9 Å². The lowest BCUT2D eigenvalue weighted by atomic mass is 10.1. The summed E-state index contributed by atoms with van der Waals surface area (Å²) in [6.07, 6.45) is 0. The second kappa shape index (κ2) is 4.59. The predicted molar refractivity (Wildman–Crippen MR) is 66.7 cm³/mol. The van der Waals surface area contributed by atoms with Crippen molar-refractivity contribution in [3.05, 3.63) is 36.0 Å². The molecule has 0 radical (unpaired) electrons. The fourth-order valence-electron chi connectivity index (χ4n) is 2.12. The SMILES string of the molecule is COC(=O)C(CN)c1cc2ccccc2n1C. The zero-order chi connectivity index (χ0) is 12.4. The second-order valence-electron chi connectivity index (χ2n) is 4.00. The summed E-state index contributed by atoms with van der Waals surface area (Å²) in [6, 6.07) is 9.97. The summed E-state index contributed by atoms with van der Waals surface area (Å²) < 4.78 is 6.77. The van der Waals surface area contributed by atoms with Gasteiger partial charge in [-0.1, -0.05) is 18.2 Å². The van der Waals surface area contributed by atoms with Gasteiger partial charge in [-0.15, -0.1) is 0 Å². The molecule has 0 aliphatic rings. The Labute approximate surface area is 100.0 Å². The third-order valence-corrected chi connectivity index (χ3v) is 3.07. The average molecular weight is 232 g/mol. The third-order valence-electron chi connectivity index (χ3n) is 3.07. The zero-order valence-corrected chi connectivity index (χ0v) is 10.0. The van der Waals surface area contributed by atoms with Gasteiger partial charge >= 0.3 is 5.97 Å². The van der Waals surface area contributed by atoms with Crippen molar-refractivity contribution in [1.29, 1.82) is 0 Å². The van der Waals surface area contributed by atoms with Crippen LogP contribution in [0.2, 0.25) is 0 Å². The summed E-state index contributed by atoms with van der Waals surface area (Å²) in [5.41, 5.74) is 7.64. The van der Waals surface area contributed by atoms with E-state index in [9.17, 15) is 4.79 Å². The summed E-state index contributed by atoms with van der Waals surface area (Å²) in [7, 11) is 3.32. The molecule has 4 heteroatoms. The van der Waals surface area contributed by atoms with E-state index in [0.29, 0.717) is 0 Å². The maximum absolute atomic E-state index is 11.7. The highest BCUT2D eigenvalue weighted by molar-refractivity contribution is 5.85. The molecular weight excluding hydrogens is 216 g/mol. The number of ether oxygens (including phenoxy) is 1. The van der Waals surface area contributed by atoms with Crippen LogP contribution in [-0.2, 0) is 16.6 Å². The Morgan fingerprint density at radius 2 is 2.18 bits per heavy atom. The molecule has 1 aromatic carbocycles. The Balaban J connectivity index is 2.54. The van der Waals surface area contributed by atoms with Gasteiger partial charge in [0, 0.05) is 24.8 Å². The first-order valence-corrected chi connectivity index (χ1v) is 5.51. The van der Waals surface area contributed by atoms with Gasteiger partial charge in [0.15, 0.2) is 0 Å². The van der Waals surface area contributed by atoms with Gasteiger partial charge in [0.05, 0.1) is 7.11 Å². The highest BCUT2D eigenvalue weighted by atomic mass is 16.5. The van der Waals surface area contributed by atoms with Gasteiger partial charge in [-0.2, -0.15) is 0 Å². The summed E-state index contributed by atoms with van der Waals surface area (Å²) in [5.74, 6) is -0.698. The minimum atomic E-state index is -0.405. The number of nitrogens with zero attached hydrogens (tertiary/aromatic N) is 1. The van der Waals surface area contributed by atoms with Crippen molar-refractivity contribution in [1.82, 2.24) is 4.57 Å². The van der Waals surface area contributed by atoms with Crippen LogP contribution in [0.1, 0.15) is 11.6 Å². The van der Waals surface area contributed by atoms with Crippen LogP contribution in [-0.4, -0.2) is 24.2 Å². The van der Waals surface area contributed by atoms with Gasteiger partial charge in [0.1, 0.15) is 5.92 Å². The number of carbonyl (C=O) groups excluding carboxylic acids is 1. The normalized spacial score (nSPS) is 12.6. The first kappa shape index (κ1) is 11.7. The first-order chi connectivity index (χ1) is 8.19. The van der Waals surface area contributed by atoms with Crippen LogP contribution in [0.4, 0.5) is 0 Å². The van der Waals surface area contributed by atoms with Crippen LogP contribution < -0.4 is 5.73 Å². The van der Waals surface area contributed by atoms with Crippen LogP contribution in [0.15, 0.2) is 30.3 Å². The quantitative estimate of drug-likeness (QED) is 0.814. The highest BCUT2D eigenvalue weighted by Crippen LogP contribution is 2.24. The molecule has 1 atom stereocenters. The number of carbonyl (C=O) groups is 1. The van der Waals surface area contributed by atoms with Crippen LogP contribution in [0.3, 0.4) is 0 Å². The van der Waals surface area contributed by atoms with Gasteiger partial charge in [-0.25, -0.2) is 0 Å².